The summed E-state index contributed by atoms with van der Waals surface area (Å²) in [6.07, 6.45) is 1.67. The zero-order valence-electron chi connectivity index (χ0n) is 21.3. The van der Waals surface area contributed by atoms with Crippen molar-refractivity contribution in [1.82, 2.24) is 15.0 Å². The molecule has 0 spiro atoms. The van der Waals surface area contributed by atoms with Crippen LogP contribution in [0.3, 0.4) is 0 Å². The maximum absolute atomic E-state index is 14.5. The second-order valence-electron chi connectivity index (χ2n) is 8.83. The molecule has 11 nitrogen and oxygen atoms in total. The Morgan fingerprint density at radius 2 is 1.90 bits per heavy atom. The van der Waals surface area contributed by atoms with Crippen LogP contribution in [-0.4, -0.2) is 57.6 Å². The molecule has 216 valence electrons. The number of benzene rings is 1. The molecular formula is C24H25ClF2N4O7S2. The molecule has 1 aliphatic heterocycles. The Balaban J connectivity index is 1.66. The Bertz CT molecular complexity index is 1440. The number of ether oxygens (including phenoxy) is 3. The topological polar surface area (TPSA) is 145 Å². The number of hydrogen-bond donors (Lipinski definition) is 2. The van der Waals surface area contributed by atoms with Crippen LogP contribution in [0.1, 0.15) is 42.3 Å². The van der Waals surface area contributed by atoms with Crippen molar-refractivity contribution in [3.63, 3.8) is 0 Å². The molecule has 4 rings (SSSR count). The van der Waals surface area contributed by atoms with E-state index in [1.807, 2.05) is 0 Å². The molecule has 0 amide bonds. The SMILES string of the molecule is COC(=O)OCNS(=O)(=O)C1CCC(C2=C(C(=O)OC)C(c3ccc(F)c(F)c3Cl)N=C(c3nccs3)N2)CC1. The lowest BCUT2D eigenvalue weighted by Gasteiger charge is -2.35. The molecule has 2 heterocycles. The van der Waals surface area contributed by atoms with E-state index in [-0.39, 0.29) is 29.9 Å². The van der Waals surface area contributed by atoms with Crippen LogP contribution in [0.15, 0.2) is 40.0 Å². The third kappa shape index (κ3) is 6.27. The zero-order chi connectivity index (χ0) is 29.0. The number of thiazole rings is 1. The molecular weight excluding hydrogens is 594 g/mol. The van der Waals surface area contributed by atoms with Crippen LogP contribution in [0, 0.1) is 17.6 Å². The van der Waals surface area contributed by atoms with Gasteiger partial charge in [0, 0.05) is 22.8 Å². The van der Waals surface area contributed by atoms with Crippen molar-refractivity contribution in [2.45, 2.75) is 37.0 Å². The zero-order valence-corrected chi connectivity index (χ0v) is 23.7. The number of hydrogen-bond acceptors (Lipinski definition) is 11. The highest BCUT2D eigenvalue weighted by molar-refractivity contribution is 7.90. The van der Waals surface area contributed by atoms with Crippen molar-refractivity contribution in [1.29, 1.82) is 0 Å². The summed E-state index contributed by atoms with van der Waals surface area (Å²) >= 11 is 7.46. The van der Waals surface area contributed by atoms with Gasteiger partial charge in [0.2, 0.25) is 10.0 Å². The minimum absolute atomic E-state index is 0.0478. The molecule has 2 N–H and O–H groups in total. The number of rotatable bonds is 8. The molecule has 1 atom stereocenters. The van der Waals surface area contributed by atoms with Crippen molar-refractivity contribution < 1.29 is 41.0 Å². The molecule has 2 aliphatic rings. The second-order valence-corrected chi connectivity index (χ2v) is 12.1. The lowest BCUT2D eigenvalue weighted by molar-refractivity contribution is -0.136. The van der Waals surface area contributed by atoms with Gasteiger partial charge in [-0.2, -0.15) is 4.72 Å². The van der Waals surface area contributed by atoms with Gasteiger partial charge in [-0.1, -0.05) is 17.7 Å². The highest BCUT2D eigenvalue weighted by Gasteiger charge is 2.40. The Morgan fingerprint density at radius 1 is 1.18 bits per heavy atom. The minimum Gasteiger partial charge on any atom is -0.466 e. The maximum Gasteiger partial charge on any atom is 0.509 e. The van der Waals surface area contributed by atoms with Gasteiger partial charge < -0.3 is 19.5 Å². The van der Waals surface area contributed by atoms with Crippen LogP contribution in [-0.2, 0) is 29.0 Å². The molecule has 0 bridgehead atoms. The quantitative estimate of drug-likeness (QED) is 0.256. The molecule has 1 saturated carbocycles. The van der Waals surface area contributed by atoms with Gasteiger partial charge in [0.15, 0.2) is 29.2 Å². The van der Waals surface area contributed by atoms with Gasteiger partial charge in [-0.3, -0.25) is 4.99 Å². The number of allylic oxidation sites excluding steroid dienone is 1. The van der Waals surface area contributed by atoms with E-state index in [1.165, 1.54) is 24.5 Å². The summed E-state index contributed by atoms with van der Waals surface area (Å²) in [6, 6.07) is 1.01. The van der Waals surface area contributed by atoms with E-state index in [2.05, 4.69) is 29.5 Å². The smallest absolute Gasteiger partial charge is 0.466 e. The number of nitrogens with zero attached hydrogens (tertiary/aromatic N) is 2. The standard InChI is InChI=1S/C24H25ClF2N4O7S2/c1-36-23(32)16-19(12-3-5-13(6-4-12)40(34,35)29-11-38-24(33)37-2)30-21(22-28-9-10-39-22)31-20(16)14-7-8-15(26)18(27)17(14)25/h7-10,12-13,20,29H,3-6,11H2,1-2H3,(H,30,31). The van der Waals surface area contributed by atoms with E-state index >= 15 is 0 Å². The fourth-order valence-electron chi connectivity index (χ4n) is 4.66. The largest absolute Gasteiger partial charge is 0.509 e. The fraction of sp³-hybridized carbons (Fsp3) is 0.417. The lowest BCUT2D eigenvalue weighted by Crippen LogP contribution is -2.41. The fourth-order valence-corrected chi connectivity index (χ4v) is 6.85. The second kappa shape index (κ2) is 12.6. The Hall–Kier alpha value is -3.14. The van der Waals surface area contributed by atoms with Crippen LogP contribution in [0.2, 0.25) is 5.02 Å². The summed E-state index contributed by atoms with van der Waals surface area (Å²) in [5, 5.41) is 4.08. The summed E-state index contributed by atoms with van der Waals surface area (Å²) < 4.78 is 70.1. The van der Waals surface area contributed by atoms with Crippen LogP contribution < -0.4 is 10.0 Å². The van der Waals surface area contributed by atoms with E-state index in [1.54, 1.807) is 11.6 Å². The number of methoxy groups -OCH3 is 2. The molecule has 2 aromatic rings. The number of carbonyl (C=O) groups is 2. The molecule has 1 aliphatic carbocycles. The van der Waals surface area contributed by atoms with Crippen LogP contribution >= 0.6 is 22.9 Å². The summed E-state index contributed by atoms with van der Waals surface area (Å²) in [5.74, 6) is -3.24. The first-order valence-corrected chi connectivity index (χ1v) is 14.8. The van der Waals surface area contributed by atoms with Gasteiger partial charge in [-0.05, 0) is 37.7 Å². The summed E-state index contributed by atoms with van der Waals surface area (Å²) in [7, 11) is -1.54. The predicted molar refractivity (Wildman–Crippen MR) is 141 cm³/mol. The van der Waals surface area contributed by atoms with Gasteiger partial charge in [-0.15, -0.1) is 11.3 Å². The number of nitrogens with one attached hydrogen (secondary N) is 2. The van der Waals surface area contributed by atoms with Gasteiger partial charge >= 0.3 is 12.1 Å². The monoisotopic (exact) mass is 618 g/mol. The van der Waals surface area contributed by atoms with E-state index in [0.717, 1.165) is 13.2 Å². The molecule has 16 heteroatoms. The van der Waals surface area contributed by atoms with Crippen LogP contribution in [0.25, 0.3) is 0 Å². The first-order chi connectivity index (χ1) is 19.1. The van der Waals surface area contributed by atoms with E-state index in [4.69, 9.17) is 16.3 Å². The van der Waals surface area contributed by atoms with Crippen molar-refractivity contribution >= 4 is 50.9 Å². The maximum atomic E-state index is 14.5. The van der Waals surface area contributed by atoms with Crippen molar-refractivity contribution in [3.8, 4) is 0 Å². The van der Waals surface area contributed by atoms with Gasteiger partial charge in [0.05, 0.1) is 30.1 Å². The molecule has 0 saturated heterocycles. The first kappa shape index (κ1) is 29.8. The normalized spacial score (nSPS) is 21.3. The Morgan fingerprint density at radius 3 is 2.52 bits per heavy atom. The lowest BCUT2D eigenvalue weighted by atomic mass is 9.82. The molecule has 40 heavy (non-hydrogen) atoms. The van der Waals surface area contributed by atoms with Gasteiger partial charge in [-0.25, -0.2) is 31.8 Å². The molecule has 1 aromatic carbocycles. The van der Waals surface area contributed by atoms with E-state index in [9.17, 15) is 26.8 Å². The van der Waals surface area contributed by atoms with Crippen molar-refractivity contribution in [2.24, 2.45) is 10.9 Å². The van der Waals surface area contributed by atoms with Crippen LogP contribution in [0.5, 0.6) is 0 Å². The predicted octanol–water partition coefficient (Wildman–Crippen LogP) is 3.81. The van der Waals surface area contributed by atoms with Crippen molar-refractivity contribution in [3.05, 3.63) is 62.2 Å². The summed E-state index contributed by atoms with van der Waals surface area (Å²) in [4.78, 5) is 33.1. The number of aromatic nitrogens is 1. The van der Waals surface area contributed by atoms with Crippen LogP contribution in [0.4, 0.5) is 13.6 Å². The molecule has 1 aromatic heterocycles. The Kier molecular flexibility index (Phi) is 9.38. The van der Waals surface area contributed by atoms with E-state index < -0.39 is 56.8 Å². The number of carbonyl (C=O) groups excluding carboxylic acids is 2. The van der Waals surface area contributed by atoms with Gasteiger partial charge in [0.25, 0.3) is 0 Å². The third-order valence-electron chi connectivity index (χ3n) is 6.61. The minimum atomic E-state index is -3.83. The third-order valence-corrected chi connectivity index (χ3v) is 9.65. The van der Waals surface area contributed by atoms with Gasteiger partial charge in [0.1, 0.15) is 6.04 Å². The number of amidine groups is 1. The average molecular weight is 619 g/mol. The molecule has 0 radical (unpaired) electrons. The number of halogens is 3. The number of esters is 1. The molecule has 1 fully saturated rings. The highest BCUT2D eigenvalue weighted by atomic mass is 35.5. The van der Waals surface area contributed by atoms with E-state index in [0.29, 0.717) is 29.4 Å². The highest BCUT2D eigenvalue weighted by Crippen LogP contribution is 2.42. The summed E-state index contributed by atoms with van der Waals surface area (Å²) in [5.41, 5.74) is 0.516. The summed E-state index contributed by atoms with van der Waals surface area (Å²) in [6.45, 7) is -0.571. The number of sulfonamides is 1. The molecule has 1 unspecified atom stereocenters. The average Bonchev–Trinajstić information content (AvgIpc) is 3.50. The Labute approximate surface area is 237 Å². The first-order valence-electron chi connectivity index (χ1n) is 12.0. The number of aliphatic imine (C=N–C) groups is 1. The van der Waals surface area contributed by atoms with Crippen molar-refractivity contribution in [2.75, 3.05) is 21.0 Å².